The molecular weight excluding hydrogens is 200 g/mol. The van der Waals surface area contributed by atoms with Crippen molar-refractivity contribution in [3.63, 3.8) is 0 Å². The Balaban J connectivity index is 2.70. The summed E-state index contributed by atoms with van der Waals surface area (Å²) < 4.78 is 5.39. The Labute approximate surface area is 98.2 Å². The Kier molecular flexibility index (Phi) is 5.12. The number of methoxy groups -OCH3 is 1. The van der Waals surface area contributed by atoms with Crippen LogP contribution in [0.5, 0.6) is 5.75 Å². The number of anilines is 1. The van der Waals surface area contributed by atoms with E-state index in [0.29, 0.717) is 0 Å². The van der Waals surface area contributed by atoms with E-state index in [1.807, 2.05) is 7.05 Å². The monoisotopic (exact) mass is 222 g/mol. The fraction of sp³-hybridized carbons (Fsp3) is 0.538. The maximum atomic E-state index is 5.39. The van der Waals surface area contributed by atoms with Gasteiger partial charge in [-0.1, -0.05) is 6.07 Å². The van der Waals surface area contributed by atoms with Gasteiger partial charge in [0.25, 0.3) is 0 Å². The number of ether oxygens (including phenoxy) is 1. The predicted octanol–water partition coefficient (Wildman–Crippen LogP) is 2.33. The molecule has 3 nitrogen and oxygen atoms in total. The van der Waals surface area contributed by atoms with Crippen LogP contribution in [0, 0.1) is 13.8 Å². The van der Waals surface area contributed by atoms with E-state index in [1.165, 1.54) is 11.1 Å². The topological polar surface area (TPSA) is 33.3 Å². The third kappa shape index (κ3) is 3.42. The van der Waals surface area contributed by atoms with Gasteiger partial charge in [0, 0.05) is 6.54 Å². The summed E-state index contributed by atoms with van der Waals surface area (Å²) >= 11 is 0. The SMILES string of the molecule is CNCCCNc1c(C)cc(C)cc1OC. The van der Waals surface area contributed by atoms with Crippen LogP contribution >= 0.6 is 0 Å². The second-order valence-electron chi connectivity index (χ2n) is 4.04. The van der Waals surface area contributed by atoms with E-state index in [-0.39, 0.29) is 0 Å². The fourth-order valence-electron chi connectivity index (χ4n) is 1.79. The summed E-state index contributed by atoms with van der Waals surface area (Å²) in [6.45, 7) is 6.18. The van der Waals surface area contributed by atoms with Crippen LogP contribution in [0.25, 0.3) is 0 Å². The summed E-state index contributed by atoms with van der Waals surface area (Å²) in [5, 5.41) is 6.56. The van der Waals surface area contributed by atoms with E-state index in [2.05, 4.69) is 36.6 Å². The van der Waals surface area contributed by atoms with Gasteiger partial charge in [0.05, 0.1) is 12.8 Å². The first-order chi connectivity index (χ1) is 7.69. The largest absolute Gasteiger partial charge is 0.495 e. The van der Waals surface area contributed by atoms with Gasteiger partial charge >= 0.3 is 0 Å². The van der Waals surface area contributed by atoms with Crippen molar-refractivity contribution in [2.45, 2.75) is 20.3 Å². The molecule has 1 aromatic carbocycles. The second kappa shape index (κ2) is 6.38. The number of aryl methyl sites for hydroxylation is 2. The first kappa shape index (κ1) is 12.8. The van der Waals surface area contributed by atoms with Crippen LogP contribution in [0.15, 0.2) is 12.1 Å². The van der Waals surface area contributed by atoms with E-state index in [1.54, 1.807) is 7.11 Å². The number of benzene rings is 1. The Hall–Kier alpha value is -1.22. The number of rotatable bonds is 6. The fourth-order valence-corrected chi connectivity index (χ4v) is 1.79. The van der Waals surface area contributed by atoms with Crippen molar-refractivity contribution < 1.29 is 4.74 Å². The molecule has 16 heavy (non-hydrogen) atoms. The molecule has 0 aromatic heterocycles. The van der Waals surface area contributed by atoms with Crippen molar-refractivity contribution in [3.05, 3.63) is 23.3 Å². The highest BCUT2D eigenvalue weighted by Gasteiger charge is 2.06. The molecule has 0 saturated carbocycles. The molecule has 0 bridgehead atoms. The molecule has 0 heterocycles. The summed E-state index contributed by atoms with van der Waals surface area (Å²) in [4.78, 5) is 0. The quantitative estimate of drug-likeness (QED) is 0.725. The van der Waals surface area contributed by atoms with Gasteiger partial charge in [0.2, 0.25) is 0 Å². The summed E-state index contributed by atoms with van der Waals surface area (Å²) in [5.41, 5.74) is 3.58. The van der Waals surface area contributed by atoms with E-state index < -0.39 is 0 Å². The summed E-state index contributed by atoms with van der Waals surface area (Å²) in [5.74, 6) is 0.932. The highest BCUT2D eigenvalue weighted by molar-refractivity contribution is 5.63. The lowest BCUT2D eigenvalue weighted by atomic mass is 10.1. The predicted molar refractivity (Wildman–Crippen MR) is 69.5 cm³/mol. The van der Waals surface area contributed by atoms with E-state index >= 15 is 0 Å². The van der Waals surface area contributed by atoms with Crippen LogP contribution in [-0.2, 0) is 0 Å². The van der Waals surface area contributed by atoms with Gasteiger partial charge in [0.15, 0.2) is 0 Å². The molecule has 0 saturated heterocycles. The lowest BCUT2D eigenvalue weighted by molar-refractivity contribution is 0.416. The summed E-state index contributed by atoms with van der Waals surface area (Å²) in [6.07, 6.45) is 1.10. The summed E-state index contributed by atoms with van der Waals surface area (Å²) in [7, 11) is 3.69. The standard InChI is InChI=1S/C13H22N2O/c1-10-8-11(2)13(12(9-10)16-4)15-7-5-6-14-3/h8-9,14-15H,5-7H2,1-4H3. The molecule has 0 aliphatic carbocycles. The van der Waals surface area contributed by atoms with Crippen molar-refractivity contribution in [2.75, 3.05) is 32.6 Å². The van der Waals surface area contributed by atoms with Gasteiger partial charge in [-0.3, -0.25) is 0 Å². The van der Waals surface area contributed by atoms with Gasteiger partial charge in [0.1, 0.15) is 5.75 Å². The smallest absolute Gasteiger partial charge is 0.142 e. The Morgan fingerprint density at radius 1 is 1.19 bits per heavy atom. The molecule has 0 unspecified atom stereocenters. The molecule has 1 aromatic rings. The van der Waals surface area contributed by atoms with Crippen LogP contribution in [0.4, 0.5) is 5.69 Å². The maximum Gasteiger partial charge on any atom is 0.142 e. The molecule has 0 aliphatic rings. The molecule has 1 rings (SSSR count). The lowest BCUT2D eigenvalue weighted by Crippen LogP contribution is -2.13. The zero-order chi connectivity index (χ0) is 12.0. The highest BCUT2D eigenvalue weighted by atomic mass is 16.5. The first-order valence-corrected chi connectivity index (χ1v) is 5.72. The minimum absolute atomic E-state index is 0.932. The zero-order valence-corrected chi connectivity index (χ0v) is 10.7. The molecular formula is C13H22N2O. The highest BCUT2D eigenvalue weighted by Crippen LogP contribution is 2.29. The van der Waals surface area contributed by atoms with Gasteiger partial charge in [-0.05, 0) is 51.1 Å². The minimum Gasteiger partial charge on any atom is -0.495 e. The number of hydrogen-bond acceptors (Lipinski definition) is 3. The molecule has 0 radical (unpaired) electrons. The van der Waals surface area contributed by atoms with Crippen molar-refractivity contribution in [2.24, 2.45) is 0 Å². The normalized spacial score (nSPS) is 10.2. The molecule has 3 heteroatoms. The molecule has 2 N–H and O–H groups in total. The molecule has 90 valence electrons. The van der Waals surface area contributed by atoms with E-state index in [9.17, 15) is 0 Å². The van der Waals surface area contributed by atoms with Crippen LogP contribution in [0.2, 0.25) is 0 Å². The Morgan fingerprint density at radius 2 is 1.94 bits per heavy atom. The summed E-state index contributed by atoms with van der Waals surface area (Å²) in [6, 6.07) is 4.23. The van der Waals surface area contributed by atoms with E-state index in [0.717, 1.165) is 30.9 Å². The van der Waals surface area contributed by atoms with Crippen molar-refractivity contribution >= 4 is 5.69 Å². The van der Waals surface area contributed by atoms with Crippen LogP contribution in [0.1, 0.15) is 17.5 Å². The molecule has 0 aliphatic heterocycles. The van der Waals surface area contributed by atoms with Gasteiger partial charge in [-0.2, -0.15) is 0 Å². The molecule has 0 fully saturated rings. The van der Waals surface area contributed by atoms with Crippen LogP contribution in [-0.4, -0.2) is 27.2 Å². The maximum absolute atomic E-state index is 5.39. The lowest BCUT2D eigenvalue weighted by Gasteiger charge is -2.14. The van der Waals surface area contributed by atoms with Gasteiger partial charge < -0.3 is 15.4 Å². The van der Waals surface area contributed by atoms with Crippen LogP contribution < -0.4 is 15.4 Å². The number of nitrogens with one attached hydrogen (secondary N) is 2. The number of hydrogen-bond donors (Lipinski definition) is 2. The second-order valence-corrected chi connectivity index (χ2v) is 4.04. The Bertz CT molecular complexity index is 337. The van der Waals surface area contributed by atoms with E-state index in [4.69, 9.17) is 4.74 Å². The first-order valence-electron chi connectivity index (χ1n) is 5.72. The third-order valence-electron chi connectivity index (χ3n) is 2.57. The van der Waals surface area contributed by atoms with Gasteiger partial charge in [-0.25, -0.2) is 0 Å². The van der Waals surface area contributed by atoms with Crippen molar-refractivity contribution in [3.8, 4) is 5.75 Å². The third-order valence-corrected chi connectivity index (χ3v) is 2.57. The average molecular weight is 222 g/mol. The zero-order valence-electron chi connectivity index (χ0n) is 10.7. The molecule has 0 atom stereocenters. The van der Waals surface area contributed by atoms with Crippen molar-refractivity contribution in [1.29, 1.82) is 0 Å². The Morgan fingerprint density at radius 3 is 2.56 bits per heavy atom. The minimum atomic E-state index is 0.932. The van der Waals surface area contributed by atoms with Crippen molar-refractivity contribution in [1.82, 2.24) is 5.32 Å². The van der Waals surface area contributed by atoms with Gasteiger partial charge in [-0.15, -0.1) is 0 Å². The average Bonchev–Trinajstić information content (AvgIpc) is 2.26. The van der Waals surface area contributed by atoms with Crippen LogP contribution in [0.3, 0.4) is 0 Å². The molecule has 0 spiro atoms. The molecule has 0 amide bonds.